The van der Waals surface area contributed by atoms with Crippen LogP contribution in [0.5, 0.6) is 0 Å². The van der Waals surface area contributed by atoms with Crippen molar-refractivity contribution in [3.63, 3.8) is 0 Å². The highest BCUT2D eigenvalue weighted by molar-refractivity contribution is 5.68. The van der Waals surface area contributed by atoms with Crippen molar-refractivity contribution in [2.24, 2.45) is 5.73 Å². The van der Waals surface area contributed by atoms with Crippen molar-refractivity contribution in [1.29, 1.82) is 0 Å². The van der Waals surface area contributed by atoms with Gasteiger partial charge >= 0.3 is 12.2 Å². The fourth-order valence-corrected chi connectivity index (χ4v) is 2.49. The number of allylic oxidation sites excluding steroid dienone is 1. The zero-order chi connectivity index (χ0) is 15.9. The molecule has 0 saturated heterocycles. The molecule has 118 valence electrons. The Kier molecular flexibility index (Phi) is 5.41. The summed E-state index contributed by atoms with van der Waals surface area (Å²) in [6.07, 6.45) is 5.00. The van der Waals surface area contributed by atoms with Crippen LogP contribution in [0, 0.1) is 0 Å². The molecule has 2 rings (SSSR count). The van der Waals surface area contributed by atoms with Crippen LogP contribution in [0.25, 0.3) is 6.08 Å². The van der Waals surface area contributed by atoms with E-state index < -0.39 is 12.2 Å². The fourth-order valence-electron chi connectivity index (χ4n) is 2.49. The molecule has 0 spiro atoms. The minimum atomic E-state index is -0.888. The Morgan fingerprint density at radius 3 is 2.86 bits per heavy atom. The average molecular weight is 304 g/mol. The van der Waals surface area contributed by atoms with Gasteiger partial charge < -0.3 is 15.6 Å². The van der Waals surface area contributed by atoms with Gasteiger partial charge in [-0.2, -0.15) is 0 Å². The van der Waals surface area contributed by atoms with Gasteiger partial charge in [-0.3, -0.25) is 4.90 Å². The average Bonchev–Trinajstić information content (AvgIpc) is 2.91. The second-order valence-electron chi connectivity index (χ2n) is 5.19. The molecule has 3 N–H and O–H groups in total. The van der Waals surface area contributed by atoms with Crippen molar-refractivity contribution in [2.45, 2.75) is 32.4 Å². The van der Waals surface area contributed by atoms with Crippen LogP contribution in [-0.4, -0.2) is 28.8 Å². The van der Waals surface area contributed by atoms with E-state index in [-0.39, 0.29) is 0 Å². The van der Waals surface area contributed by atoms with Gasteiger partial charge in [0.05, 0.1) is 13.2 Å². The van der Waals surface area contributed by atoms with Crippen LogP contribution in [0.15, 0.2) is 24.3 Å². The van der Waals surface area contributed by atoms with E-state index in [0.29, 0.717) is 19.7 Å². The first-order valence-corrected chi connectivity index (χ1v) is 7.25. The number of carbonyl (C=O) groups excluding carboxylic acids is 1. The number of rotatable bonds is 6. The first-order chi connectivity index (χ1) is 10.6. The predicted molar refractivity (Wildman–Crippen MR) is 82.1 cm³/mol. The number of nitrogens with two attached hydrogens (primary N) is 1. The van der Waals surface area contributed by atoms with Gasteiger partial charge in [-0.15, -0.1) is 0 Å². The van der Waals surface area contributed by atoms with Gasteiger partial charge in [-0.25, -0.2) is 9.59 Å². The maximum absolute atomic E-state index is 11.1. The van der Waals surface area contributed by atoms with Gasteiger partial charge in [0.25, 0.3) is 0 Å². The van der Waals surface area contributed by atoms with Crippen molar-refractivity contribution >= 4 is 18.3 Å². The number of amides is 2. The van der Waals surface area contributed by atoms with E-state index in [2.05, 4.69) is 10.8 Å². The summed E-state index contributed by atoms with van der Waals surface area (Å²) >= 11 is 0. The van der Waals surface area contributed by atoms with Crippen molar-refractivity contribution in [3.8, 4) is 0 Å². The maximum atomic E-state index is 11.1. The first kappa shape index (κ1) is 15.9. The zero-order valence-corrected chi connectivity index (χ0v) is 12.3. The summed E-state index contributed by atoms with van der Waals surface area (Å²) in [7, 11) is 0. The number of carbonyl (C=O) groups is 2. The number of carboxylic acid groups (broad SMARTS) is 1. The summed E-state index contributed by atoms with van der Waals surface area (Å²) in [6.45, 7) is 1.24. The lowest BCUT2D eigenvalue weighted by atomic mass is 10.0. The summed E-state index contributed by atoms with van der Waals surface area (Å²) in [5, 5.41) is 9.08. The molecule has 1 heterocycles. The molecule has 6 heteroatoms. The molecule has 6 nitrogen and oxygen atoms in total. The molecular formula is C16H20N2O4. The third-order valence-electron chi connectivity index (χ3n) is 3.60. The molecule has 1 aromatic rings. The molecule has 1 aliphatic rings. The topological polar surface area (TPSA) is 92.9 Å². The molecule has 0 aliphatic carbocycles. The van der Waals surface area contributed by atoms with Gasteiger partial charge in [-0.1, -0.05) is 30.4 Å². The molecular weight excluding hydrogens is 284 g/mol. The van der Waals surface area contributed by atoms with E-state index in [1.165, 1.54) is 4.90 Å². The van der Waals surface area contributed by atoms with E-state index in [9.17, 15) is 9.59 Å². The second kappa shape index (κ2) is 7.49. The number of benzene rings is 1. The Morgan fingerprint density at radius 2 is 2.14 bits per heavy atom. The summed E-state index contributed by atoms with van der Waals surface area (Å²) in [6, 6.07) is 5.91. The molecule has 1 aromatic carbocycles. The number of hydrogen-bond donors (Lipinski definition) is 2. The molecule has 0 fully saturated rings. The van der Waals surface area contributed by atoms with E-state index in [1.54, 1.807) is 0 Å². The van der Waals surface area contributed by atoms with Crippen LogP contribution in [0.3, 0.4) is 0 Å². The van der Waals surface area contributed by atoms with Gasteiger partial charge in [0.1, 0.15) is 0 Å². The predicted octanol–water partition coefficient (Wildman–Crippen LogP) is 2.96. The lowest BCUT2D eigenvalue weighted by molar-refractivity contribution is 0.145. The SMILES string of the molecule is NC(=O)OCCCC/C=C/c1cccc2c1CN(C(=O)O)C2. The second-order valence-corrected chi connectivity index (χ2v) is 5.19. The van der Waals surface area contributed by atoms with Gasteiger partial charge in [0.2, 0.25) is 0 Å². The van der Waals surface area contributed by atoms with Gasteiger partial charge in [-0.05, 0) is 36.0 Å². The number of primary amides is 1. The molecule has 0 saturated carbocycles. The van der Waals surface area contributed by atoms with Crippen LogP contribution in [0.1, 0.15) is 36.0 Å². The first-order valence-electron chi connectivity index (χ1n) is 7.25. The van der Waals surface area contributed by atoms with Crippen LogP contribution in [0.4, 0.5) is 9.59 Å². The van der Waals surface area contributed by atoms with Crippen molar-refractivity contribution in [2.75, 3.05) is 6.61 Å². The Morgan fingerprint density at radius 1 is 1.32 bits per heavy atom. The molecule has 0 atom stereocenters. The number of unbranched alkanes of at least 4 members (excludes halogenated alkanes) is 2. The number of ether oxygens (including phenoxy) is 1. The highest BCUT2D eigenvalue weighted by atomic mass is 16.5. The van der Waals surface area contributed by atoms with Crippen molar-refractivity contribution in [3.05, 3.63) is 41.0 Å². The third-order valence-corrected chi connectivity index (χ3v) is 3.60. The number of fused-ring (bicyclic) bond motifs is 1. The van der Waals surface area contributed by atoms with E-state index in [4.69, 9.17) is 10.8 Å². The quantitative estimate of drug-likeness (QED) is 0.790. The Labute approximate surface area is 129 Å². The van der Waals surface area contributed by atoms with Crippen LogP contribution in [0.2, 0.25) is 0 Å². The van der Waals surface area contributed by atoms with E-state index in [1.807, 2.05) is 24.3 Å². The Bertz CT molecular complexity index is 584. The summed E-state index contributed by atoms with van der Waals surface area (Å²) in [5.74, 6) is 0. The standard InChI is InChI=1S/C16H20N2O4/c17-15(19)22-9-4-2-1-3-6-12-7-5-8-13-10-18(16(20)21)11-14(12)13/h3,5-8H,1-2,4,9-11H2,(H2,17,19)(H,20,21)/b6-3+. The number of hydrogen-bond acceptors (Lipinski definition) is 3. The molecule has 0 unspecified atom stereocenters. The number of nitrogens with zero attached hydrogens (tertiary/aromatic N) is 1. The van der Waals surface area contributed by atoms with Crippen LogP contribution >= 0.6 is 0 Å². The zero-order valence-electron chi connectivity index (χ0n) is 12.3. The Balaban J connectivity index is 1.84. The molecule has 0 radical (unpaired) electrons. The van der Waals surface area contributed by atoms with Crippen molar-refractivity contribution in [1.82, 2.24) is 4.90 Å². The normalized spacial score (nSPS) is 13.4. The minimum absolute atomic E-state index is 0.345. The summed E-state index contributed by atoms with van der Waals surface area (Å²) in [4.78, 5) is 22.9. The lowest BCUT2D eigenvalue weighted by Gasteiger charge is -2.09. The summed E-state index contributed by atoms with van der Waals surface area (Å²) < 4.78 is 4.66. The maximum Gasteiger partial charge on any atom is 0.407 e. The monoisotopic (exact) mass is 304 g/mol. The molecule has 2 amide bonds. The lowest BCUT2D eigenvalue weighted by Crippen LogP contribution is -2.22. The third kappa shape index (κ3) is 4.25. The van der Waals surface area contributed by atoms with E-state index >= 15 is 0 Å². The summed E-state index contributed by atoms with van der Waals surface area (Å²) in [5.41, 5.74) is 8.09. The smallest absolute Gasteiger partial charge is 0.407 e. The highest BCUT2D eigenvalue weighted by Gasteiger charge is 2.23. The van der Waals surface area contributed by atoms with Gasteiger partial charge in [0.15, 0.2) is 0 Å². The highest BCUT2D eigenvalue weighted by Crippen LogP contribution is 2.26. The van der Waals surface area contributed by atoms with Crippen molar-refractivity contribution < 1.29 is 19.4 Å². The molecule has 1 aliphatic heterocycles. The van der Waals surface area contributed by atoms with Crippen LogP contribution < -0.4 is 5.73 Å². The molecule has 0 bridgehead atoms. The largest absolute Gasteiger partial charge is 0.465 e. The van der Waals surface area contributed by atoms with Gasteiger partial charge in [0, 0.05) is 6.54 Å². The van der Waals surface area contributed by atoms with Crippen LogP contribution in [-0.2, 0) is 17.8 Å². The fraction of sp³-hybridized carbons (Fsp3) is 0.375. The minimum Gasteiger partial charge on any atom is -0.465 e. The van der Waals surface area contributed by atoms with E-state index in [0.717, 1.165) is 36.0 Å². The molecule has 22 heavy (non-hydrogen) atoms. The molecule has 0 aromatic heterocycles. The Hall–Kier alpha value is -2.50.